The Balaban J connectivity index is 1.69. The van der Waals surface area contributed by atoms with Crippen LogP contribution in [0.5, 0.6) is 0 Å². The van der Waals surface area contributed by atoms with Crippen LogP contribution in [0.4, 0.5) is 13.2 Å². The molecule has 0 saturated heterocycles. The first-order valence-corrected chi connectivity index (χ1v) is 15.0. The van der Waals surface area contributed by atoms with Crippen molar-refractivity contribution in [3.8, 4) is 0 Å². The number of hydrogen-bond acceptors (Lipinski definition) is 4. The summed E-state index contributed by atoms with van der Waals surface area (Å²) in [5.41, 5.74) is -2.36. The van der Waals surface area contributed by atoms with Gasteiger partial charge < -0.3 is 5.11 Å². The highest BCUT2D eigenvalue weighted by molar-refractivity contribution is 7.90. The van der Waals surface area contributed by atoms with E-state index in [1.54, 1.807) is 37.3 Å². The van der Waals surface area contributed by atoms with Crippen LogP contribution in [0, 0.1) is 17.3 Å². The highest BCUT2D eigenvalue weighted by atomic mass is 32.2. The molecule has 1 N–H and O–H groups in total. The maximum absolute atomic E-state index is 16.0. The molecule has 3 unspecified atom stereocenters. The van der Waals surface area contributed by atoms with Crippen molar-refractivity contribution in [3.05, 3.63) is 52.6 Å². The van der Waals surface area contributed by atoms with Crippen LogP contribution in [0.25, 0.3) is 0 Å². The van der Waals surface area contributed by atoms with Crippen LogP contribution in [0.15, 0.2) is 52.0 Å². The average Bonchev–Trinajstić information content (AvgIpc) is 3.09. The highest BCUT2D eigenvalue weighted by Gasteiger charge is 2.73. The highest BCUT2D eigenvalue weighted by Crippen LogP contribution is 2.70. The van der Waals surface area contributed by atoms with Gasteiger partial charge in [0, 0.05) is 30.9 Å². The van der Waals surface area contributed by atoms with Gasteiger partial charge in [0.15, 0.2) is 21.3 Å². The van der Waals surface area contributed by atoms with Crippen LogP contribution >= 0.6 is 0 Å². The van der Waals surface area contributed by atoms with Crippen LogP contribution in [0.2, 0.25) is 0 Å². The van der Waals surface area contributed by atoms with Gasteiger partial charge in [-0.25, -0.2) is 21.6 Å². The molecule has 202 valence electrons. The Bertz CT molecular complexity index is 1310. The van der Waals surface area contributed by atoms with Gasteiger partial charge in [0.1, 0.15) is 5.60 Å². The van der Waals surface area contributed by atoms with Gasteiger partial charge in [0.25, 0.3) is 5.92 Å². The summed E-state index contributed by atoms with van der Waals surface area (Å²) in [4.78, 5) is 12.4. The summed E-state index contributed by atoms with van der Waals surface area (Å²) in [7, 11) is -3.41. The number of aliphatic hydroxyl groups is 1. The van der Waals surface area contributed by atoms with Crippen LogP contribution in [0.3, 0.4) is 0 Å². The first-order chi connectivity index (χ1) is 17.0. The Kier molecular flexibility index (Phi) is 5.97. The van der Waals surface area contributed by atoms with E-state index in [0.29, 0.717) is 39.0 Å². The fourth-order valence-electron chi connectivity index (χ4n) is 8.05. The Morgan fingerprint density at radius 3 is 2.27 bits per heavy atom. The number of carbonyl (C=O) groups excluding carboxylic acids is 1. The van der Waals surface area contributed by atoms with E-state index >= 15 is 4.39 Å². The number of halogens is 3. The molecule has 37 heavy (non-hydrogen) atoms. The monoisotopic (exact) mass is 536 g/mol. The average molecular weight is 537 g/mol. The summed E-state index contributed by atoms with van der Waals surface area (Å²) < 4.78 is 69.5. The SMILES string of the molecule is CC(F)(F)[C@](C)(F)C1(O)CCC2C3CCC4=CC(=O)CCC4=C3[C@@H](c3ccc(S(C)(=O)=O)cc3)C[C@@]21C. The number of carbonyl (C=O) groups is 1. The third kappa shape index (κ3) is 3.80. The molecular formula is C29H35F3O4S. The second-order valence-electron chi connectivity index (χ2n) is 12.1. The number of hydrogen-bond donors (Lipinski definition) is 1. The molecule has 0 amide bonds. The zero-order valence-corrected chi connectivity index (χ0v) is 22.6. The number of sulfone groups is 1. The van der Waals surface area contributed by atoms with E-state index in [1.807, 2.05) is 0 Å². The molecule has 0 aliphatic heterocycles. The molecule has 4 aliphatic rings. The summed E-state index contributed by atoms with van der Waals surface area (Å²) in [5.74, 6) is -4.16. The molecule has 2 fully saturated rings. The Hall–Kier alpha value is -1.93. The van der Waals surface area contributed by atoms with Crippen molar-refractivity contribution >= 4 is 15.6 Å². The molecule has 0 bridgehead atoms. The second-order valence-corrected chi connectivity index (χ2v) is 14.1. The molecule has 1 aromatic carbocycles. The molecule has 5 rings (SSSR count). The van der Waals surface area contributed by atoms with Gasteiger partial charge in [-0.3, -0.25) is 4.79 Å². The van der Waals surface area contributed by atoms with Gasteiger partial charge in [-0.1, -0.05) is 24.6 Å². The van der Waals surface area contributed by atoms with Crippen molar-refractivity contribution in [2.75, 3.05) is 6.26 Å². The number of fused-ring (bicyclic) bond motifs is 4. The van der Waals surface area contributed by atoms with Crippen molar-refractivity contribution in [2.45, 2.75) is 93.7 Å². The zero-order valence-electron chi connectivity index (χ0n) is 21.8. The summed E-state index contributed by atoms with van der Waals surface area (Å²) in [6.07, 6.45) is 5.93. The molecule has 8 heteroatoms. The molecule has 4 aliphatic carbocycles. The van der Waals surface area contributed by atoms with Crippen LogP contribution in [0.1, 0.15) is 77.2 Å². The van der Waals surface area contributed by atoms with Crippen LogP contribution in [-0.4, -0.2) is 42.8 Å². The smallest absolute Gasteiger partial charge is 0.281 e. The molecular weight excluding hydrogens is 501 g/mol. The molecule has 0 aromatic heterocycles. The minimum Gasteiger partial charge on any atom is -0.386 e. The van der Waals surface area contributed by atoms with Crippen molar-refractivity contribution < 1.29 is 31.5 Å². The second kappa shape index (κ2) is 8.28. The maximum atomic E-state index is 16.0. The fourth-order valence-corrected chi connectivity index (χ4v) is 8.68. The minimum absolute atomic E-state index is 0.0333. The van der Waals surface area contributed by atoms with Gasteiger partial charge in [-0.2, -0.15) is 0 Å². The molecule has 4 nitrogen and oxygen atoms in total. The lowest BCUT2D eigenvalue weighted by Crippen LogP contribution is -2.66. The standard InChI is InChI=1S/C29H35F3O4S/c1-26-16-23(17-5-9-20(10-6-17)37(4,35)36)25-21-12-8-19(33)15-18(21)7-11-22(25)24(26)13-14-29(26,34)27(2,30)28(3,31)32/h5-6,9-10,15,22-24,34H,7-8,11-14,16H2,1-4H3/t22?,23-,24?,26+,27+,29?/m1/s1. The van der Waals surface area contributed by atoms with Crippen LogP contribution < -0.4 is 0 Å². The minimum atomic E-state index is -3.74. The van der Waals surface area contributed by atoms with Gasteiger partial charge >= 0.3 is 0 Å². The summed E-state index contributed by atoms with van der Waals surface area (Å²) >= 11 is 0. The van der Waals surface area contributed by atoms with E-state index in [9.17, 15) is 27.1 Å². The van der Waals surface area contributed by atoms with Gasteiger partial charge in [-0.05, 0) is 92.2 Å². The van der Waals surface area contributed by atoms with E-state index in [-0.39, 0.29) is 41.3 Å². The number of allylic oxidation sites excluding steroid dienone is 4. The van der Waals surface area contributed by atoms with Gasteiger partial charge in [0.05, 0.1) is 4.90 Å². The van der Waals surface area contributed by atoms with Gasteiger partial charge in [0.2, 0.25) is 0 Å². The van der Waals surface area contributed by atoms with Gasteiger partial charge in [-0.15, -0.1) is 0 Å². The molecule has 0 heterocycles. The maximum Gasteiger partial charge on any atom is 0.281 e. The number of ketones is 1. The third-order valence-corrected chi connectivity index (χ3v) is 11.3. The first kappa shape index (κ1) is 26.7. The van der Waals surface area contributed by atoms with E-state index in [1.165, 1.54) is 0 Å². The Labute approximate surface area is 217 Å². The molecule has 0 radical (unpaired) electrons. The van der Waals surface area contributed by atoms with E-state index < -0.39 is 32.4 Å². The number of benzene rings is 1. The summed E-state index contributed by atoms with van der Waals surface area (Å²) in [6.45, 7) is 3.14. The number of rotatable bonds is 4. The predicted molar refractivity (Wildman–Crippen MR) is 135 cm³/mol. The van der Waals surface area contributed by atoms with E-state index in [2.05, 4.69) is 0 Å². The molecule has 0 spiro atoms. The zero-order chi connectivity index (χ0) is 27.2. The quantitative estimate of drug-likeness (QED) is 0.505. The summed E-state index contributed by atoms with van der Waals surface area (Å²) in [6, 6.07) is 6.59. The first-order valence-electron chi connectivity index (χ1n) is 13.1. The van der Waals surface area contributed by atoms with Crippen molar-refractivity contribution in [1.29, 1.82) is 0 Å². The molecule has 6 atom stereocenters. The topological polar surface area (TPSA) is 71.4 Å². The predicted octanol–water partition coefficient (Wildman–Crippen LogP) is 6.10. The Morgan fingerprint density at radius 1 is 1.03 bits per heavy atom. The largest absolute Gasteiger partial charge is 0.386 e. The lowest BCUT2D eigenvalue weighted by atomic mass is 9.49. The van der Waals surface area contributed by atoms with Crippen molar-refractivity contribution in [1.82, 2.24) is 0 Å². The number of alkyl halides is 3. The van der Waals surface area contributed by atoms with Crippen molar-refractivity contribution in [2.24, 2.45) is 17.3 Å². The molecule has 1 aromatic rings. The fraction of sp³-hybridized carbons (Fsp3) is 0.621. The molecule has 2 saturated carbocycles. The summed E-state index contributed by atoms with van der Waals surface area (Å²) in [5, 5.41) is 11.9. The van der Waals surface area contributed by atoms with E-state index in [4.69, 9.17) is 0 Å². The Morgan fingerprint density at radius 2 is 1.68 bits per heavy atom. The third-order valence-electron chi connectivity index (χ3n) is 10.2. The van der Waals surface area contributed by atoms with Crippen molar-refractivity contribution in [3.63, 3.8) is 0 Å². The lowest BCUT2D eigenvalue weighted by Gasteiger charge is -2.57. The lowest BCUT2D eigenvalue weighted by molar-refractivity contribution is -0.252. The normalized spacial score (nSPS) is 35.8. The van der Waals surface area contributed by atoms with E-state index in [0.717, 1.165) is 35.5 Å². The van der Waals surface area contributed by atoms with Crippen LogP contribution in [-0.2, 0) is 14.6 Å².